The minimum Gasteiger partial charge on any atom is -0.508 e. The van der Waals surface area contributed by atoms with Gasteiger partial charge in [-0.15, -0.1) is 0 Å². The number of carbonyl (C=O) groups excluding carboxylic acids is 6. The SMILES string of the molecule is [2H]N(C(=O)CNC(=O)[C@@H](C)NC(=O)[C@H](Cc1ccc(O)cc1)NC(=O)OC(C)(C)C)[C@@H](Cc1ccccc1)C(=O)N[C@@](C)(CC(C)C)C(N)=O. The summed E-state index contributed by atoms with van der Waals surface area (Å²) in [6, 6.07) is 10.9. The summed E-state index contributed by atoms with van der Waals surface area (Å²) < 4.78 is 13.8. The third-order valence-electron chi connectivity index (χ3n) is 7.18. The average Bonchev–Trinajstić information content (AvgIpc) is 3.01. The van der Waals surface area contributed by atoms with E-state index in [4.69, 9.17) is 11.9 Å². The maximum Gasteiger partial charge on any atom is 0.408 e. The van der Waals surface area contributed by atoms with Gasteiger partial charge >= 0.3 is 6.09 Å². The number of ether oxygens (including phenoxy) is 1. The normalized spacial score (nSPS) is 14.6. The Morgan fingerprint density at radius 1 is 0.816 bits per heavy atom. The van der Waals surface area contributed by atoms with Crippen LogP contribution in [0, 0.1) is 5.92 Å². The molecule has 0 aromatic heterocycles. The van der Waals surface area contributed by atoms with E-state index < -0.39 is 71.4 Å². The van der Waals surface area contributed by atoms with Crippen molar-refractivity contribution in [3.8, 4) is 5.75 Å². The Labute approximate surface area is 288 Å². The van der Waals surface area contributed by atoms with Gasteiger partial charge in [0.05, 0.1) is 6.54 Å². The first-order chi connectivity index (χ1) is 23.2. The number of amides is 6. The number of benzene rings is 2. The molecule has 4 atom stereocenters. The molecule has 0 spiro atoms. The van der Waals surface area contributed by atoms with Crippen LogP contribution in [-0.2, 0) is 41.6 Å². The zero-order valence-corrected chi connectivity index (χ0v) is 29.2. The molecular formula is C35H50N6O8. The van der Waals surface area contributed by atoms with Crippen LogP contribution >= 0.6 is 0 Å². The van der Waals surface area contributed by atoms with Crippen molar-refractivity contribution >= 4 is 35.6 Å². The molecule has 0 radical (unpaired) electrons. The van der Waals surface area contributed by atoms with Crippen molar-refractivity contribution < 1.29 is 40.0 Å². The Morgan fingerprint density at radius 3 is 1.94 bits per heavy atom. The Morgan fingerprint density at radius 2 is 1.39 bits per heavy atom. The summed E-state index contributed by atoms with van der Waals surface area (Å²) >= 11 is 0. The third-order valence-corrected chi connectivity index (χ3v) is 7.18. The summed E-state index contributed by atoms with van der Waals surface area (Å²) in [4.78, 5) is 77.7. The molecular weight excluding hydrogens is 632 g/mol. The van der Waals surface area contributed by atoms with Crippen LogP contribution in [0.5, 0.6) is 5.75 Å². The van der Waals surface area contributed by atoms with Crippen molar-refractivity contribution in [2.24, 2.45) is 11.7 Å². The lowest BCUT2D eigenvalue weighted by molar-refractivity contribution is -0.134. The van der Waals surface area contributed by atoms with E-state index in [0.29, 0.717) is 16.4 Å². The van der Waals surface area contributed by atoms with Gasteiger partial charge in [-0.3, -0.25) is 24.0 Å². The van der Waals surface area contributed by atoms with E-state index in [0.717, 1.165) is 0 Å². The van der Waals surface area contributed by atoms with Crippen LogP contribution in [0.2, 0.25) is 1.41 Å². The minimum absolute atomic E-state index is 0.00280. The number of nitrogens with one attached hydrogen (secondary N) is 5. The predicted molar refractivity (Wildman–Crippen MR) is 183 cm³/mol. The molecule has 2 aromatic rings. The highest BCUT2D eigenvalue weighted by molar-refractivity contribution is 5.95. The molecule has 0 bridgehead atoms. The molecule has 0 aliphatic carbocycles. The molecule has 6 amide bonds. The van der Waals surface area contributed by atoms with Gasteiger partial charge in [0.15, 0.2) is 1.41 Å². The Kier molecular flexibility index (Phi) is 14.0. The van der Waals surface area contributed by atoms with Crippen molar-refractivity contribution in [2.75, 3.05) is 6.54 Å². The molecule has 14 heteroatoms. The number of hydrogen-bond donors (Lipinski definition) is 7. The van der Waals surface area contributed by atoms with Crippen LogP contribution in [0.3, 0.4) is 0 Å². The first kappa shape index (κ1) is 38.3. The lowest BCUT2D eigenvalue weighted by Crippen LogP contribution is -2.61. The third kappa shape index (κ3) is 14.3. The second-order valence-corrected chi connectivity index (χ2v) is 13.5. The number of carbonyl (C=O) groups is 6. The summed E-state index contributed by atoms with van der Waals surface area (Å²) in [6.45, 7) is 10.9. The van der Waals surface area contributed by atoms with Crippen LogP contribution in [-0.4, -0.2) is 76.5 Å². The smallest absolute Gasteiger partial charge is 0.408 e. The molecule has 0 heterocycles. The summed E-state index contributed by atoms with van der Waals surface area (Å²) in [6.07, 6.45) is -0.695. The van der Waals surface area contributed by atoms with Crippen molar-refractivity contribution in [3.05, 3.63) is 65.7 Å². The van der Waals surface area contributed by atoms with Gasteiger partial charge in [-0.25, -0.2) is 4.79 Å². The molecule has 0 saturated carbocycles. The summed E-state index contributed by atoms with van der Waals surface area (Å²) in [5.41, 5.74) is 4.58. The number of alkyl carbamates (subject to hydrolysis) is 1. The molecule has 49 heavy (non-hydrogen) atoms. The van der Waals surface area contributed by atoms with E-state index in [1.165, 1.54) is 26.0 Å². The predicted octanol–water partition coefficient (Wildman–Crippen LogP) is 1.58. The molecule has 0 unspecified atom stereocenters. The number of phenolic OH excluding ortho intramolecular Hbond substituents is 1. The quantitative estimate of drug-likeness (QED) is 0.137. The fraction of sp³-hybridized carbons (Fsp3) is 0.486. The minimum atomic E-state index is -1.44. The fourth-order valence-corrected chi connectivity index (χ4v) is 4.86. The molecule has 268 valence electrons. The second kappa shape index (κ2) is 17.9. The van der Waals surface area contributed by atoms with Crippen LogP contribution in [0.15, 0.2) is 54.6 Å². The maximum absolute atomic E-state index is 13.5. The van der Waals surface area contributed by atoms with Crippen LogP contribution < -0.4 is 32.3 Å². The zero-order valence-electron chi connectivity index (χ0n) is 30.2. The van der Waals surface area contributed by atoms with Gasteiger partial charge in [0.2, 0.25) is 29.5 Å². The van der Waals surface area contributed by atoms with Gasteiger partial charge in [0.25, 0.3) is 0 Å². The number of nitrogens with two attached hydrogens (primary N) is 1. The van der Waals surface area contributed by atoms with Gasteiger partial charge in [0, 0.05) is 12.8 Å². The highest BCUT2D eigenvalue weighted by Gasteiger charge is 2.36. The fourth-order valence-electron chi connectivity index (χ4n) is 4.86. The highest BCUT2D eigenvalue weighted by atomic mass is 16.6. The lowest BCUT2D eigenvalue weighted by Gasteiger charge is -2.31. The molecule has 0 aliphatic heterocycles. The van der Waals surface area contributed by atoms with Gasteiger partial charge in [0.1, 0.15) is 35.0 Å². The lowest BCUT2D eigenvalue weighted by atomic mass is 9.89. The summed E-state index contributed by atoms with van der Waals surface area (Å²) in [5, 5.41) is 20.1. The Hall–Kier alpha value is -5.14. The van der Waals surface area contributed by atoms with Crippen molar-refractivity contribution in [2.45, 2.75) is 97.0 Å². The Bertz CT molecular complexity index is 1500. The number of primary amides is 1. The molecule has 14 nitrogen and oxygen atoms in total. The van der Waals surface area contributed by atoms with Gasteiger partial charge in [-0.2, -0.15) is 0 Å². The second-order valence-electron chi connectivity index (χ2n) is 13.5. The number of phenols is 1. The average molecular weight is 684 g/mol. The van der Waals surface area contributed by atoms with E-state index in [1.807, 2.05) is 13.8 Å². The molecule has 2 rings (SSSR count). The van der Waals surface area contributed by atoms with E-state index >= 15 is 0 Å². The first-order valence-electron chi connectivity index (χ1n) is 16.5. The monoisotopic (exact) mass is 683 g/mol. The van der Waals surface area contributed by atoms with E-state index in [1.54, 1.807) is 63.2 Å². The largest absolute Gasteiger partial charge is 0.508 e. The highest BCUT2D eigenvalue weighted by Crippen LogP contribution is 2.17. The Balaban J connectivity index is 2.14. The zero-order chi connectivity index (χ0) is 37.8. The van der Waals surface area contributed by atoms with Crippen LogP contribution in [0.4, 0.5) is 4.79 Å². The molecule has 8 N–H and O–H groups in total. The van der Waals surface area contributed by atoms with Gasteiger partial charge in [-0.1, -0.05) is 56.3 Å². The number of hydrogen-bond acceptors (Lipinski definition) is 8. The van der Waals surface area contributed by atoms with E-state index in [-0.39, 0.29) is 30.9 Å². The molecule has 0 fully saturated rings. The van der Waals surface area contributed by atoms with Gasteiger partial charge in [-0.05, 0) is 70.2 Å². The van der Waals surface area contributed by atoms with Gasteiger partial charge < -0.3 is 42.2 Å². The van der Waals surface area contributed by atoms with Crippen LogP contribution in [0.1, 0.15) is 66.0 Å². The van der Waals surface area contributed by atoms with Crippen molar-refractivity contribution in [1.82, 2.24) is 26.6 Å². The first-order valence-corrected chi connectivity index (χ1v) is 16.0. The van der Waals surface area contributed by atoms with Crippen molar-refractivity contribution in [1.29, 1.82) is 0 Å². The molecule has 0 aliphatic rings. The topological polar surface area (TPSA) is 218 Å². The van der Waals surface area contributed by atoms with Crippen LogP contribution in [0.25, 0.3) is 0 Å². The van der Waals surface area contributed by atoms with E-state index in [9.17, 15) is 33.9 Å². The number of aromatic hydroxyl groups is 1. The van der Waals surface area contributed by atoms with E-state index in [2.05, 4.69) is 21.3 Å². The van der Waals surface area contributed by atoms with Crippen molar-refractivity contribution in [3.63, 3.8) is 0 Å². The molecule has 2 aromatic carbocycles. The number of rotatable bonds is 16. The summed E-state index contributed by atoms with van der Waals surface area (Å²) in [5.74, 6) is -3.97. The standard InChI is InChI=1S/C35H50N6O8/c1-21(2)19-35(7,32(36)47)41-31(46)27(17-23-11-9-8-10-12-23)39-28(43)20-37-29(44)22(3)38-30(45)26(40-33(48)49-34(4,5)6)18-24-13-15-25(42)16-14-24/h8-16,21-22,26-27,42H,17-20H2,1-7H3,(H2,36,47)(H,37,44)(H,38,45)(H,39,43)(H,40,48)(H,41,46)/t22-,26+,27+,35+/m1/s1/i/hD. The summed E-state index contributed by atoms with van der Waals surface area (Å²) in [7, 11) is 0. The maximum atomic E-state index is 13.5. The molecule has 0 saturated heterocycles.